The third kappa shape index (κ3) is 6.12. The maximum absolute atomic E-state index is 13.5. The predicted molar refractivity (Wildman–Crippen MR) is 121 cm³/mol. The molecule has 2 saturated heterocycles. The fourth-order valence-corrected chi connectivity index (χ4v) is 6.06. The van der Waals surface area contributed by atoms with E-state index in [0.717, 1.165) is 30.2 Å². The standard InChI is InChI=1S/C21H31ClN4O5S/c1-14(10-20(23)27)11-21(28)26(15-4-7-25-13-15)32(29,30)17-2-3-19(18(22)12-17)31-16-5-8-24-9-6-16/h2-3,12,14-16,24-25H,4-11,13H2,1H3,(H2,23,27)/t14-,15?/m0/s1. The van der Waals surface area contributed by atoms with Crippen molar-refractivity contribution in [2.45, 2.75) is 56.1 Å². The van der Waals surface area contributed by atoms with Crippen LogP contribution < -0.4 is 21.1 Å². The van der Waals surface area contributed by atoms with Crippen molar-refractivity contribution in [1.29, 1.82) is 0 Å². The van der Waals surface area contributed by atoms with E-state index >= 15 is 0 Å². The molecule has 32 heavy (non-hydrogen) atoms. The van der Waals surface area contributed by atoms with Gasteiger partial charge in [0, 0.05) is 19.4 Å². The molecule has 9 nitrogen and oxygen atoms in total. The van der Waals surface area contributed by atoms with Gasteiger partial charge in [-0.05, 0) is 63.0 Å². The molecule has 1 unspecified atom stereocenters. The molecule has 0 bridgehead atoms. The van der Waals surface area contributed by atoms with E-state index in [4.69, 9.17) is 22.1 Å². The van der Waals surface area contributed by atoms with Crippen molar-refractivity contribution >= 4 is 33.4 Å². The van der Waals surface area contributed by atoms with Gasteiger partial charge in [0.25, 0.3) is 10.0 Å². The summed E-state index contributed by atoms with van der Waals surface area (Å²) in [4.78, 5) is 24.2. The normalized spacial score (nSPS) is 20.6. The lowest BCUT2D eigenvalue weighted by atomic mass is 10.0. The number of carbonyl (C=O) groups is 2. The largest absolute Gasteiger partial charge is 0.489 e. The van der Waals surface area contributed by atoms with Crippen molar-refractivity contribution in [3.8, 4) is 5.75 Å². The zero-order chi connectivity index (χ0) is 23.3. The third-order valence-electron chi connectivity index (χ3n) is 5.72. The maximum atomic E-state index is 13.5. The highest BCUT2D eigenvalue weighted by atomic mass is 35.5. The van der Waals surface area contributed by atoms with Gasteiger partial charge in [0.2, 0.25) is 11.8 Å². The monoisotopic (exact) mass is 486 g/mol. The lowest BCUT2D eigenvalue weighted by Crippen LogP contribution is -2.46. The SMILES string of the molecule is C[C@@H](CC(N)=O)CC(=O)N(C1CCNC1)S(=O)(=O)c1ccc(OC2CCNCC2)c(Cl)c1. The summed E-state index contributed by atoms with van der Waals surface area (Å²) >= 11 is 6.37. The van der Waals surface area contributed by atoms with Crippen LogP contribution in [0.15, 0.2) is 23.1 Å². The summed E-state index contributed by atoms with van der Waals surface area (Å²) in [5.74, 6) is -1.03. The molecule has 2 atom stereocenters. The smallest absolute Gasteiger partial charge is 0.266 e. The number of sulfonamides is 1. The van der Waals surface area contributed by atoms with Gasteiger partial charge in [-0.1, -0.05) is 18.5 Å². The van der Waals surface area contributed by atoms with Crippen molar-refractivity contribution in [3.63, 3.8) is 0 Å². The van der Waals surface area contributed by atoms with Gasteiger partial charge in [-0.15, -0.1) is 0 Å². The average molecular weight is 487 g/mol. The molecule has 1 aromatic carbocycles. The number of hydrogen-bond acceptors (Lipinski definition) is 7. The lowest BCUT2D eigenvalue weighted by molar-refractivity contribution is -0.128. The number of piperidine rings is 1. The average Bonchev–Trinajstić information content (AvgIpc) is 3.23. The first-order chi connectivity index (χ1) is 15.2. The van der Waals surface area contributed by atoms with Crippen LogP contribution in [-0.4, -0.2) is 62.9 Å². The Labute approximate surface area is 194 Å². The Morgan fingerprint density at radius 2 is 1.88 bits per heavy atom. The number of primary amides is 1. The molecule has 2 fully saturated rings. The van der Waals surface area contributed by atoms with Crippen molar-refractivity contribution in [2.75, 3.05) is 26.2 Å². The number of nitrogens with one attached hydrogen (secondary N) is 2. The lowest BCUT2D eigenvalue weighted by Gasteiger charge is -2.29. The summed E-state index contributed by atoms with van der Waals surface area (Å²) in [6, 6.07) is 3.80. The van der Waals surface area contributed by atoms with Crippen molar-refractivity contribution < 1.29 is 22.7 Å². The van der Waals surface area contributed by atoms with Crippen LogP contribution in [0, 0.1) is 5.92 Å². The Bertz CT molecular complexity index is 930. The van der Waals surface area contributed by atoms with E-state index in [9.17, 15) is 18.0 Å². The second-order valence-electron chi connectivity index (χ2n) is 8.48. The second-order valence-corrected chi connectivity index (χ2v) is 10.7. The number of nitrogens with zero attached hydrogens (tertiary/aromatic N) is 1. The van der Waals surface area contributed by atoms with Crippen LogP contribution in [0.2, 0.25) is 5.02 Å². The van der Waals surface area contributed by atoms with E-state index in [2.05, 4.69) is 10.6 Å². The van der Waals surface area contributed by atoms with Crippen molar-refractivity contribution in [1.82, 2.24) is 14.9 Å². The molecule has 2 aliphatic rings. The van der Waals surface area contributed by atoms with E-state index in [1.165, 1.54) is 12.1 Å². The van der Waals surface area contributed by atoms with Gasteiger partial charge in [0.1, 0.15) is 11.9 Å². The highest BCUT2D eigenvalue weighted by Gasteiger charge is 2.38. The summed E-state index contributed by atoms with van der Waals surface area (Å²) in [6.45, 7) is 4.40. The van der Waals surface area contributed by atoms with Crippen LogP contribution in [0.3, 0.4) is 0 Å². The van der Waals surface area contributed by atoms with Gasteiger partial charge in [-0.2, -0.15) is 0 Å². The minimum atomic E-state index is -4.15. The molecule has 11 heteroatoms. The van der Waals surface area contributed by atoms with Gasteiger partial charge in [-0.3, -0.25) is 9.59 Å². The Morgan fingerprint density at radius 3 is 2.47 bits per heavy atom. The van der Waals surface area contributed by atoms with Crippen molar-refractivity contribution in [2.24, 2.45) is 11.7 Å². The van der Waals surface area contributed by atoms with Crippen LogP contribution in [0.1, 0.15) is 39.0 Å². The molecule has 4 N–H and O–H groups in total. The number of benzene rings is 1. The minimum Gasteiger partial charge on any atom is -0.489 e. The summed E-state index contributed by atoms with van der Waals surface area (Å²) in [7, 11) is -4.15. The first-order valence-corrected chi connectivity index (χ1v) is 12.7. The first-order valence-electron chi connectivity index (χ1n) is 10.9. The van der Waals surface area contributed by atoms with Gasteiger partial charge in [-0.25, -0.2) is 12.7 Å². The first kappa shape index (κ1) is 24.8. The zero-order valence-electron chi connectivity index (χ0n) is 18.2. The van der Waals surface area contributed by atoms with Crippen LogP contribution in [0.4, 0.5) is 0 Å². The van der Waals surface area contributed by atoms with E-state index < -0.39 is 27.9 Å². The molecular weight excluding hydrogens is 456 g/mol. The molecular formula is C21H31ClN4O5S. The number of carbonyl (C=O) groups excluding carboxylic acids is 2. The Morgan fingerprint density at radius 1 is 1.19 bits per heavy atom. The van der Waals surface area contributed by atoms with Gasteiger partial charge in [0.05, 0.1) is 16.0 Å². The van der Waals surface area contributed by atoms with E-state index in [1.54, 1.807) is 13.0 Å². The number of nitrogens with two attached hydrogens (primary N) is 1. The molecule has 0 spiro atoms. The highest BCUT2D eigenvalue weighted by molar-refractivity contribution is 7.89. The number of ether oxygens (including phenoxy) is 1. The quantitative estimate of drug-likeness (QED) is 0.478. The summed E-state index contributed by atoms with van der Waals surface area (Å²) in [5.41, 5.74) is 5.22. The van der Waals surface area contributed by atoms with Crippen LogP contribution in [0.5, 0.6) is 5.75 Å². The van der Waals surface area contributed by atoms with Gasteiger partial charge in [0.15, 0.2) is 0 Å². The maximum Gasteiger partial charge on any atom is 0.266 e. The Hall–Kier alpha value is -1.88. The van der Waals surface area contributed by atoms with Crippen LogP contribution in [-0.2, 0) is 19.6 Å². The molecule has 2 amide bonds. The molecule has 0 saturated carbocycles. The second kappa shape index (κ2) is 10.8. The molecule has 2 heterocycles. The Kier molecular flexibility index (Phi) is 8.37. The Balaban J connectivity index is 1.82. The third-order valence-corrected chi connectivity index (χ3v) is 7.89. The number of rotatable bonds is 9. The molecule has 2 aliphatic heterocycles. The molecule has 0 aliphatic carbocycles. The highest BCUT2D eigenvalue weighted by Crippen LogP contribution is 2.32. The zero-order valence-corrected chi connectivity index (χ0v) is 19.8. The molecule has 0 radical (unpaired) electrons. The summed E-state index contributed by atoms with van der Waals surface area (Å²) < 4.78 is 33.9. The predicted octanol–water partition coefficient (Wildman–Crippen LogP) is 1.25. The molecule has 3 rings (SSSR count). The van der Waals surface area contributed by atoms with E-state index in [0.29, 0.717) is 25.3 Å². The number of hydrogen-bond donors (Lipinski definition) is 3. The summed E-state index contributed by atoms with van der Waals surface area (Å²) in [6.07, 6.45) is 2.14. The van der Waals surface area contributed by atoms with E-state index in [-0.39, 0.29) is 34.8 Å². The van der Waals surface area contributed by atoms with Crippen LogP contribution in [0.25, 0.3) is 0 Å². The summed E-state index contributed by atoms with van der Waals surface area (Å²) in [5, 5.41) is 6.54. The molecule has 1 aromatic rings. The van der Waals surface area contributed by atoms with E-state index in [1.807, 2.05) is 0 Å². The minimum absolute atomic E-state index is 0.0110. The fourth-order valence-electron chi connectivity index (χ4n) is 4.12. The number of amides is 2. The fraction of sp³-hybridized carbons (Fsp3) is 0.619. The van der Waals surface area contributed by atoms with Crippen molar-refractivity contribution in [3.05, 3.63) is 23.2 Å². The van der Waals surface area contributed by atoms with Crippen LogP contribution >= 0.6 is 11.6 Å². The molecule has 178 valence electrons. The molecule has 0 aromatic heterocycles. The van der Waals surface area contributed by atoms with Gasteiger partial charge < -0.3 is 21.1 Å². The van der Waals surface area contributed by atoms with Gasteiger partial charge >= 0.3 is 0 Å². The topological polar surface area (TPSA) is 131 Å². The number of halogens is 1.